The zero-order valence-electron chi connectivity index (χ0n) is 10.4. The van der Waals surface area contributed by atoms with Crippen molar-refractivity contribution in [1.29, 1.82) is 0 Å². The SMILES string of the molecule is CCCCCNC(=O)CCOc1ccccc1. The lowest BCUT2D eigenvalue weighted by atomic mass is 10.2. The Bertz CT molecular complexity index is 311. The molecule has 3 nitrogen and oxygen atoms in total. The summed E-state index contributed by atoms with van der Waals surface area (Å²) in [5.41, 5.74) is 0. The van der Waals surface area contributed by atoms with Crippen LogP contribution < -0.4 is 10.1 Å². The van der Waals surface area contributed by atoms with E-state index in [1.54, 1.807) is 0 Å². The third kappa shape index (κ3) is 6.61. The second-order valence-corrected chi connectivity index (χ2v) is 3.97. The van der Waals surface area contributed by atoms with E-state index in [4.69, 9.17) is 4.74 Å². The fraction of sp³-hybridized carbons (Fsp3) is 0.500. The van der Waals surface area contributed by atoms with Gasteiger partial charge in [0.15, 0.2) is 0 Å². The third-order valence-corrected chi connectivity index (χ3v) is 2.44. The first-order valence-electron chi connectivity index (χ1n) is 6.27. The minimum atomic E-state index is 0.0667. The van der Waals surface area contributed by atoms with E-state index in [1.807, 2.05) is 30.3 Å². The lowest BCUT2D eigenvalue weighted by Crippen LogP contribution is -2.25. The van der Waals surface area contributed by atoms with E-state index >= 15 is 0 Å². The first-order chi connectivity index (χ1) is 8.33. The Labute approximate surface area is 103 Å². The molecule has 1 N–H and O–H groups in total. The van der Waals surface area contributed by atoms with Crippen molar-refractivity contribution in [3.8, 4) is 5.75 Å². The van der Waals surface area contributed by atoms with Crippen LogP contribution in [0.25, 0.3) is 0 Å². The second-order valence-electron chi connectivity index (χ2n) is 3.97. The van der Waals surface area contributed by atoms with Gasteiger partial charge in [-0.15, -0.1) is 0 Å². The van der Waals surface area contributed by atoms with Crippen LogP contribution in [0.3, 0.4) is 0 Å². The van der Waals surface area contributed by atoms with Crippen LogP contribution >= 0.6 is 0 Å². The van der Waals surface area contributed by atoms with Crippen molar-refractivity contribution in [1.82, 2.24) is 5.32 Å². The van der Waals surface area contributed by atoms with Crippen LogP contribution in [0.1, 0.15) is 32.6 Å². The number of nitrogens with one attached hydrogen (secondary N) is 1. The summed E-state index contributed by atoms with van der Waals surface area (Å²) in [5.74, 6) is 0.878. The smallest absolute Gasteiger partial charge is 0.223 e. The van der Waals surface area contributed by atoms with Gasteiger partial charge in [-0.05, 0) is 18.6 Å². The fourth-order valence-electron chi connectivity index (χ4n) is 1.47. The molecule has 1 amide bonds. The fourth-order valence-corrected chi connectivity index (χ4v) is 1.47. The van der Waals surface area contributed by atoms with Gasteiger partial charge in [0.05, 0.1) is 13.0 Å². The normalized spacial score (nSPS) is 9.94. The van der Waals surface area contributed by atoms with Crippen molar-refractivity contribution in [2.45, 2.75) is 32.6 Å². The quantitative estimate of drug-likeness (QED) is 0.704. The summed E-state index contributed by atoms with van der Waals surface area (Å²) in [6, 6.07) is 9.55. The molecule has 0 bridgehead atoms. The summed E-state index contributed by atoms with van der Waals surface area (Å²) in [4.78, 5) is 11.4. The van der Waals surface area contributed by atoms with Gasteiger partial charge in [-0.3, -0.25) is 4.79 Å². The van der Waals surface area contributed by atoms with Gasteiger partial charge in [-0.1, -0.05) is 38.0 Å². The minimum absolute atomic E-state index is 0.0667. The van der Waals surface area contributed by atoms with Gasteiger partial charge in [0.1, 0.15) is 5.75 Å². The first-order valence-corrected chi connectivity index (χ1v) is 6.27. The standard InChI is InChI=1S/C14H21NO2/c1-2-3-7-11-15-14(16)10-12-17-13-8-5-4-6-9-13/h4-6,8-9H,2-3,7,10-12H2,1H3,(H,15,16). The maximum atomic E-state index is 11.4. The topological polar surface area (TPSA) is 38.3 Å². The van der Waals surface area contributed by atoms with E-state index < -0.39 is 0 Å². The van der Waals surface area contributed by atoms with E-state index in [2.05, 4.69) is 12.2 Å². The van der Waals surface area contributed by atoms with E-state index in [9.17, 15) is 4.79 Å². The zero-order valence-corrected chi connectivity index (χ0v) is 10.4. The molecule has 94 valence electrons. The number of para-hydroxylation sites is 1. The van der Waals surface area contributed by atoms with E-state index in [0.717, 1.165) is 18.7 Å². The number of hydrogen-bond donors (Lipinski definition) is 1. The molecule has 0 saturated carbocycles. The summed E-state index contributed by atoms with van der Waals surface area (Å²) < 4.78 is 5.44. The number of hydrogen-bond acceptors (Lipinski definition) is 2. The van der Waals surface area contributed by atoms with Crippen LogP contribution in [0.4, 0.5) is 0 Å². The Morgan fingerprint density at radius 1 is 1.24 bits per heavy atom. The highest BCUT2D eigenvalue weighted by atomic mass is 16.5. The Hall–Kier alpha value is -1.51. The molecule has 0 atom stereocenters. The monoisotopic (exact) mass is 235 g/mol. The largest absolute Gasteiger partial charge is 0.493 e. The molecular weight excluding hydrogens is 214 g/mol. The number of unbranched alkanes of at least 4 members (excludes halogenated alkanes) is 2. The van der Waals surface area contributed by atoms with Crippen molar-refractivity contribution in [2.24, 2.45) is 0 Å². The highest BCUT2D eigenvalue weighted by molar-refractivity contribution is 5.75. The molecular formula is C14H21NO2. The zero-order chi connectivity index (χ0) is 12.3. The van der Waals surface area contributed by atoms with Gasteiger partial charge in [0.25, 0.3) is 0 Å². The van der Waals surface area contributed by atoms with Crippen molar-refractivity contribution in [3.05, 3.63) is 30.3 Å². The van der Waals surface area contributed by atoms with Crippen molar-refractivity contribution >= 4 is 5.91 Å². The number of ether oxygens (including phenoxy) is 1. The summed E-state index contributed by atoms with van der Waals surface area (Å²) in [6.45, 7) is 3.36. The average Bonchev–Trinajstić information content (AvgIpc) is 2.36. The number of carbonyl (C=O) groups excluding carboxylic acids is 1. The van der Waals surface area contributed by atoms with Crippen molar-refractivity contribution in [3.63, 3.8) is 0 Å². The summed E-state index contributed by atoms with van der Waals surface area (Å²) >= 11 is 0. The van der Waals surface area contributed by atoms with Crippen LogP contribution in [-0.4, -0.2) is 19.1 Å². The highest BCUT2D eigenvalue weighted by Crippen LogP contribution is 2.08. The summed E-state index contributed by atoms with van der Waals surface area (Å²) in [7, 11) is 0. The molecule has 0 unspecified atom stereocenters. The van der Waals surface area contributed by atoms with Gasteiger partial charge in [-0.25, -0.2) is 0 Å². The molecule has 0 heterocycles. The van der Waals surface area contributed by atoms with Crippen LogP contribution in [-0.2, 0) is 4.79 Å². The molecule has 0 aromatic heterocycles. The maximum Gasteiger partial charge on any atom is 0.223 e. The van der Waals surface area contributed by atoms with Gasteiger partial charge >= 0.3 is 0 Å². The number of amides is 1. The molecule has 1 aromatic rings. The molecule has 3 heteroatoms. The minimum Gasteiger partial charge on any atom is -0.493 e. The van der Waals surface area contributed by atoms with Gasteiger partial charge in [-0.2, -0.15) is 0 Å². The van der Waals surface area contributed by atoms with Crippen LogP contribution in [0.5, 0.6) is 5.75 Å². The Kier molecular flexibility index (Phi) is 6.87. The summed E-state index contributed by atoms with van der Waals surface area (Å²) in [5, 5.41) is 2.88. The molecule has 1 rings (SSSR count). The lowest BCUT2D eigenvalue weighted by molar-refractivity contribution is -0.121. The Morgan fingerprint density at radius 3 is 2.71 bits per heavy atom. The summed E-state index contributed by atoms with van der Waals surface area (Å²) in [6.07, 6.45) is 3.82. The molecule has 0 saturated heterocycles. The lowest BCUT2D eigenvalue weighted by Gasteiger charge is -2.06. The molecule has 0 aliphatic carbocycles. The number of benzene rings is 1. The van der Waals surface area contributed by atoms with E-state index in [-0.39, 0.29) is 5.91 Å². The van der Waals surface area contributed by atoms with Crippen LogP contribution in [0.15, 0.2) is 30.3 Å². The van der Waals surface area contributed by atoms with Crippen LogP contribution in [0.2, 0.25) is 0 Å². The molecule has 0 aliphatic heterocycles. The second kappa shape index (κ2) is 8.62. The molecule has 0 radical (unpaired) electrons. The predicted octanol–water partition coefficient (Wildman–Crippen LogP) is 2.76. The van der Waals surface area contributed by atoms with E-state index in [0.29, 0.717) is 13.0 Å². The van der Waals surface area contributed by atoms with Gasteiger partial charge < -0.3 is 10.1 Å². The first kappa shape index (κ1) is 13.6. The molecule has 0 fully saturated rings. The van der Waals surface area contributed by atoms with Gasteiger partial charge in [0.2, 0.25) is 5.91 Å². The Morgan fingerprint density at radius 2 is 2.00 bits per heavy atom. The molecule has 0 spiro atoms. The third-order valence-electron chi connectivity index (χ3n) is 2.44. The van der Waals surface area contributed by atoms with Crippen molar-refractivity contribution < 1.29 is 9.53 Å². The Balaban J connectivity index is 2.04. The molecule has 0 aliphatic rings. The molecule has 1 aromatic carbocycles. The maximum absolute atomic E-state index is 11.4. The van der Waals surface area contributed by atoms with E-state index in [1.165, 1.54) is 12.8 Å². The highest BCUT2D eigenvalue weighted by Gasteiger charge is 2.00. The van der Waals surface area contributed by atoms with Crippen molar-refractivity contribution in [2.75, 3.05) is 13.2 Å². The predicted molar refractivity (Wildman–Crippen MR) is 69.1 cm³/mol. The number of rotatable bonds is 8. The van der Waals surface area contributed by atoms with Crippen LogP contribution in [0, 0.1) is 0 Å². The number of carbonyl (C=O) groups is 1. The average molecular weight is 235 g/mol. The molecule has 17 heavy (non-hydrogen) atoms. The van der Waals surface area contributed by atoms with Gasteiger partial charge in [0, 0.05) is 6.54 Å².